The Bertz CT molecular complexity index is 1470. The second-order valence-corrected chi connectivity index (χ2v) is 12.7. The number of hydrogen-bond acceptors (Lipinski definition) is 8. The van der Waals surface area contributed by atoms with Gasteiger partial charge in [0, 0.05) is 18.8 Å². The van der Waals surface area contributed by atoms with E-state index in [1.807, 2.05) is 30.3 Å². The number of nitrogens with zero attached hydrogens (tertiary/aromatic N) is 4. The number of amides is 1. The molecule has 0 radical (unpaired) electrons. The number of ether oxygens (including phenoxy) is 1. The Morgan fingerprint density at radius 1 is 1.23 bits per heavy atom. The number of thiazole rings is 1. The van der Waals surface area contributed by atoms with Crippen molar-refractivity contribution >= 4 is 65.6 Å². The summed E-state index contributed by atoms with van der Waals surface area (Å²) in [6.45, 7) is 0.439. The molecular formula is C23H21ClN4O4S3. The van der Waals surface area contributed by atoms with Gasteiger partial charge in [-0.25, -0.2) is 13.4 Å². The first-order valence-electron chi connectivity index (χ1n) is 10.8. The number of benzene rings is 1. The Morgan fingerprint density at radius 2 is 2.09 bits per heavy atom. The zero-order valence-corrected chi connectivity index (χ0v) is 21.8. The molecule has 0 N–H and O–H groups in total. The molecule has 0 aliphatic carbocycles. The monoisotopic (exact) mass is 548 g/mol. The fourth-order valence-corrected chi connectivity index (χ4v) is 8.25. The number of halogens is 1. The summed E-state index contributed by atoms with van der Waals surface area (Å²) >= 11 is 8.35. The minimum Gasteiger partial charge on any atom is -0.497 e. The highest BCUT2D eigenvalue weighted by Gasteiger charge is 2.42. The maximum Gasteiger partial charge on any atom is 0.253 e. The highest BCUT2D eigenvalue weighted by atomic mass is 35.5. The quantitative estimate of drug-likeness (QED) is 0.329. The lowest BCUT2D eigenvalue weighted by atomic mass is 10.2. The molecule has 1 aromatic carbocycles. The van der Waals surface area contributed by atoms with Crippen molar-refractivity contribution in [2.75, 3.05) is 18.6 Å². The number of carbonyl (C=O) groups is 1. The van der Waals surface area contributed by atoms with E-state index in [9.17, 15) is 13.2 Å². The molecule has 1 atom stereocenters. The highest BCUT2D eigenvalue weighted by Crippen LogP contribution is 2.36. The van der Waals surface area contributed by atoms with Crippen LogP contribution in [0.25, 0.3) is 10.2 Å². The maximum absolute atomic E-state index is 14.0. The second kappa shape index (κ2) is 9.82. The van der Waals surface area contributed by atoms with E-state index in [1.165, 1.54) is 21.7 Å². The van der Waals surface area contributed by atoms with Crippen LogP contribution < -0.4 is 9.64 Å². The van der Waals surface area contributed by atoms with Gasteiger partial charge in [-0.15, -0.1) is 11.3 Å². The standard InChI is InChI=1S/C23H21ClN4O4S3/c1-32-16-7-8-19-17(13-16)26-23(33-19)27(14-15-5-2-3-11-25-15)22(29)18-6-4-12-28(18)35(30,31)21-10-9-20(24)34-21/h2-3,5,7-11,13,18H,4,6,12,14H2,1H3. The van der Waals surface area contributed by atoms with Gasteiger partial charge in [0.2, 0.25) is 5.91 Å². The Balaban J connectivity index is 1.52. The van der Waals surface area contributed by atoms with E-state index in [0.717, 1.165) is 16.0 Å². The summed E-state index contributed by atoms with van der Waals surface area (Å²) < 4.78 is 34.7. The Labute approximate surface area is 215 Å². The van der Waals surface area contributed by atoms with Gasteiger partial charge in [0.05, 0.1) is 33.9 Å². The Kier molecular flexibility index (Phi) is 6.78. The smallest absolute Gasteiger partial charge is 0.253 e. The van der Waals surface area contributed by atoms with Crippen molar-refractivity contribution in [3.05, 3.63) is 64.8 Å². The fraction of sp³-hybridized carbons (Fsp3) is 0.261. The highest BCUT2D eigenvalue weighted by molar-refractivity contribution is 7.91. The fourth-order valence-electron chi connectivity index (χ4n) is 4.04. The summed E-state index contributed by atoms with van der Waals surface area (Å²) in [4.78, 5) is 24.6. The van der Waals surface area contributed by atoms with Crippen LogP contribution in [0.3, 0.4) is 0 Å². The molecule has 1 unspecified atom stereocenters. The molecule has 3 aromatic heterocycles. The summed E-state index contributed by atoms with van der Waals surface area (Å²) in [6.07, 6.45) is 2.67. The summed E-state index contributed by atoms with van der Waals surface area (Å²) in [5.74, 6) is 0.338. The average Bonchev–Trinajstić information content (AvgIpc) is 3.61. The maximum atomic E-state index is 14.0. The van der Waals surface area contributed by atoms with E-state index in [2.05, 4.69) is 4.98 Å². The number of anilines is 1. The molecule has 12 heteroatoms. The molecule has 5 rings (SSSR count). The van der Waals surface area contributed by atoms with Crippen molar-refractivity contribution in [3.8, 4) is 5.75 Å². The molecule has 1 saturated heterocycles. The Hall–Kier alpha value is -2.57. The molecule has 1 amide bonds. The summed E-state index contributed by atoms with van der Waals surface area (Å²) in [6, 6.07) is 13.2. The lowest BCUT2D eigenvalue weighted by Gasteiger charge is -2.28. The molecule has 1 aliphatic rings. The molecule has 8 nitrogen and oxygen atoms in total. The van der Waals surface area contributed by atoms with Crippen LogP contribution in [-0.4, -0.2) is 48.3 Å². The SMILES string of the molecule is COc1ccc2sc(N(Cc3ccccn3)C(=O)C3CCCN3S(=O)(=O)c3ccc(Cl)s3)nc2c1. The topological polar surface area (TPSA) is 92.7 Å². The molecule has 4 heterocycles. The van der Waals surface area contributed by atoms with Gasteiger partial charge in [0.25, 0.3) is 10.0 Å². The number of aromatic nitrogens is 2. The van der Waals surface area contributed by atoms with Gasteiger partial charge >= 0.3 is 0 Å². The van der Waals surface area contributed by atoms with Gasteiger partial charge in [-0.1, -0.05) is 29.0 Å². The first kappa shape index (κ1) is 24.1. The van der Waals surface area contributed by atoms with Gasteiger partial charge in [-0.3, -0.25) is 14.7 Å². The molecule has 0 spiro atoms. The van der Waals surface area contributed by atoms with Crippen molar-refractivity contribution in [2.45, 2.75) is 29.6 Å². The number of methoxy groups -OCH3 is 1. The molecule has 0 bridgehead atoms. The molecule has 4 aromatic rings. The third-order valence-electron chi connectivity index (χ3n) is 5.73. The molecule has 35 heavy (non-hydrogen) atoms. The molecular weight excluding hydrogens is 528 g/mol. The molecule has 1 aliphatic heterocycles. The van der Waals surface area contributed by atoms with E-state index < -0.39 is 16.1 Å². The largest absolute Gasteiger partial charge is 0.497 e. The van der Waals surface area contributed by atoms with Crippen molar-refractivity contribution in [2.24, 2.45) is 0 Å². The van der Waals surface area contributed by atoms with Crippen LogP contribution in [0.15, 0.2) is 58.9 Å². The van der Waals surface area contributed by atoms with E-state index >= 15 is 0 Å². The summed E-state index contributed by atoms with van der Waals surface area (Å²) in [5, 5.41) is 0.479. The number of pyridine rings is 1. The number of carbonyl (C=O) groups excluding carboxylic acids is 1. The summed E-state index contributed by atoms with van der Waals surface area (Å²) in [5.41, 5.74) is 1.38. The van der Waals surface area contributed by atoms with Crippen LogP contribution >= 0.6 is 34.3 Å². The minimum absolute atomic E-state index is 0.130. The van der Waals surface area contributed by atoms with Crippen LogP contribution in [0.4, 0.5) is 5.13 Å². The molecule has 1 fully saturated rings. The van der Waals surface area contributed by atoms with Gasteiger partial charge in [-0.05, 0) is 49.2 Å². The number of sulfonamides is 1. The van der Waals surface area contributed by atoms with E-state index in [1.54, 1.807) is 30.3 Å². The Morgan fingerprint density at radius 3 is 2.80 bits per heavy atom. The van der Waals surface area contributed by atoms with E-state index in [-0.39, 0.29) is 23.2 Å². The second-order valence-electron chi connectivity index (χ2n) is 7.91. The average molecular weight is 549 g/mol. The predicted molar refractivity (Wildman–Crippen MR) is 138 cm³/mol. The first-order valence-corrected chi connectivity index (χ1v) is 14.2. The van der Waals surface area contributed by atoms with Crippen molar-refractivity contribution in [1.82, 2.24) is 14.3 Å². The predicted octanol–water partition coefficient (Wildman–Crippen LogP) is 4.80. The molecule has 0 saturated carbocycles. The minimum atomic E-state index is -3.86. The lowest BCUT2D eigenvalue weighted by Crippen LogP contribution is -2.47. The summed E-state index contributed by atoms with van der Waals surface area (Å²) in [7, 11) is -2.28. The zero-order valence-electron chi connectivity index (χ0n) is 18.6. The number of fused-ring (bicyclic) bond motifs is 1. The van der Waals surface area contributed by atoms with Gasteiger partial charge < -0.3 is 4.74 Å². The van der Waals surface area contributed by atoms with Crippen LogP contribution in [0.5, 0.6) is 5.75 Å². The third kappa shape index (κ3) is 4.78. The van der Waals surface area contributed by atoms with Crippen LogP contribution in [0.1, 0.15) is 18.5 Å². The van der Waals surface area contributed by atoms with Crippen LogP contribution in [0, 0.1) is 0 Å². The van der Waals surface area contributed by atoms with Crippen molar-refractivity contribution in [1.29, 1.82) is 0 Å². The normalized spacial score (nSPS) is 16.6. The van der Waals surface area contributed by atoms with Gasteiger partial charge in [0.1, 0.15) is 16.0 Å². The zero-order chi connectivity index (χ0) is 24.6. The number of rotatable bonds is 7. The number of thiophene rings is 1. The van der Waals surface area contributed by atoms with Crippen molar-refractivity contribution in [3.63, 3.8) is 0 Å². The van der Waals surface area contributed by atoms with Crippen molar-refractivity contribution < 1.29 is 17.9 Å². The first-order chi connectivity index (χ1) is 16.9. The van der Waals surface area contributed by atoms with Crippen LogP contribution in [0.2, 0.25) is 4.34 Å². The van der Waals surface area contributed by atoms with Gasteiger partial charge in [-0.2, -0.15) is 4.31 Å². The van der Waals surface area contributed by atoms with Gasteiger partial charge in [0.15, 0.2) is 5.13 Å². The lowest BCUT2D eigenvalue weighted by molar-refractivity contribution is -0.121. The van der Waals surface area contributed by atoms with E-state index in [4.69, 9.17) is 21.3 Å². The molecule has 182 valence electrons. The van der Waals surface area contributed by atoms with Crippen LogP contribution in [-0.2, 0) is 21.4 Å². The van der Waals surface area contributed by atoms with E-state index in [0.29, 0.717) is 39.3 Å². The third-order valence-corrected chi connectivity index (χ3v) is 10.4. The number of hydrogen-bond donors (Lipinski definition) is 0.